The van der Waals surface area contributed by atoms with Crippen molar-refractivity contribution in [3.05, 3.63) is 66.2 Å². The second-order valence-electron chi connectivity index (χ2n) is 4.25. The van der Waals surface area contributed by atoms with Gasteiger partial charge in [-0.25, -0.2) is 4.98 Å². The van der Waals surface area contributed by atoms with Crippen LogP contribution in [0.3, 0.4) is 0 Å². The third-order valence-corrected chi connectivity index (χ3v) is 3.04. The van der Waals surface area contributed by atoms with E-state index >= 15 is 0 Å². The van der Waals surface area contributed by atoms with Crippen molar-refractivity contribution in [2.75, 3.05) is 0 Å². The lowest BCUT2D eigenvalue weighted by Crippen LogP contribution is -2.08. The second-order valence-corrected chi connectivity index (χ2v) is 4.25. The Morgan fingerprint density at radius 1 is 1.11 bits per heavy atom. The van der Waals surface area contributed by atoms with E-state index in [0.717, 1.165) is 10.8 Å². The minimum absolute atomic E-state index is 0.0479. The van der Waals surface area contributed by atoms with E-state index in [1.165, 1.54) is 0 Å². The average Bonchev–Trinajstić information content (AvgIpc) is 2.83. The van der Waals surface area contributed by atoms with Crippen LogP contribution < -0.4 is 0 Å². The molecule has 0 unspecified atom stereocenters. The van der Waals surface area contributed by atoms with E-state index in [-0.39, 0.29) is 5.78 Å². The van der Waals surface area contributed by atoms with Gasteiger partial charge in [0.15, 0.2) is 5.82 Å². The molecule has 0 aliphatic rings. The molecule has 3 nitrogen and oxygen atoms in total. The smallest absolute Gasteiger partial charge is 0.228 e. The average molecular weight is 236 g/mol. The number of nitrogens with zero attached hydrogens (tertiary/aromatic N) is 2. The molecule has 3 aromatic rings. The number of carbonyl (C=O) groups excluding carboxylic acids is 1. The molecular weight excluding hydrogens is 224 g/mol. The van der Waals surface area contributed by atoms with Crippen LogP contribution in [0.15, 0.2) is 54.9 Å². The highest BCUT2D eigenvalue weighted by atomic mass is 16.1. The maximum Gasteiger partial charge on any atom is 0.228 e. The van der Waals surface area contributed by atoms with Gasteiger partial charge in [-0.05, 0) is 16.8 Å². The zero-order valence-corrected chi connectivity index (χ0v) is 10.00. The first-order valence-corrected chi connectivity index (χ1v) is 5.76. The van der Waals surface area contributed by atoms with Crippen LogP contribution in [0, 0.1) is 0 Å². The molecule has 0 N–H and O–H groups in total. The SMILES string of the molecule is Cn1ccnc1C(=O)c1ccc2ccccc2c1. The van der Waals surface area contributed by atoms with Gasteiger partial charge in [-0.2, -0.15) is 0 Å². The number of hydrogen-bond donors (Lipinski definition) is 0. The van der Waals surface area contributed by atoms with E-state index in [4.69, 9.17) is 0 Å². The van der Waals surface area contributed by atoms with Crippen molar-refractivity contribution in [1.82, 2.24) is 9.55 Å². The van der Waals surface area contributed by atoms with E-state index in [2.05, 4.69) is 4.98 Å². The molecule has 1 aromatic heterocycles. The van der Waals surface area contributed by atoms with E-state index in [9.17, 15) is 4.79 Å². The molecular formula is C15H12N2O. The summed E-state index contributed by atoms with van der Waals surface area (Å²) in [4.78, 5) is 16.4. The summed E-state index contributed by atoms with van der Waals surface area (Å²) in [5.41, 5.74) is 0.669. The van der Waals surface area contributed by atoms with Crippen LogP contribution in [-0.2, 0) is 7.05 Å². The first-order chi connectivity index (χ1) is 8.75. The zero-order chi connectivity index (χ0) is 12.5. The number of hydrogen-bond acceptors (Lipinski definition) is 2. The number of aromatic nitrogens is 2. The van der Waals surface area contributed by atoms with Crippen molar-refractivity contribution in [3.8, 4) is 0 Å². The molecule has 1 heterocycles. The summed E-state index contributed by atoms with van der Waals surface area (Å²) >= 11 is 0. The molecule has 0 fully saturated rings. The lowest BCUT2D eigenvalue weighted by atomic mass is 10.0. The molecule has 0 saturated heterocycles. The summed E-state index contributed by atoms with van der Waals surface area (Å²) in [5.74, 6) is 0.415. The fraction of sp³-hybridized carbons (Fsp3) is 0.0667. The van der Waals surface area contributed by atoms with E-state index in [1.54, 1.807) is 17.0 Å². The number of ketones is 1. The topological polar surface area (TPSA) is 34.9 Å². The fourth-order valence-corrected chi connectivity index (χ4v) is 2.04. The Bertz CT molecular complexity index is 728. The minimum Gasteiger partial charge on any atom is -0.331 e. The Labute approximate surface area is 105 Å². The number of carbonyl (C=O) groups is 1. The van der Waals surface area contributed by atoms with Gasteiger partial charge in [-0.15, -0.1) is 0 Å². The van der Waals surface area contributed by atoms with Crippen LogP contribution >= 0.6 is 0 Å². The van der Waals surface area contributed by atoms with Gasteiger partial charge in [-0.3, -0.25) is 4.79 Å². The summed E-state index contributed by atoms with van der Waals surface area (Å²) in [7, 11) is 1.82. The van der Waals surface area contributed by atoms with Crippen molar-refractivity contribution in [1.29, 1.82) is 0 Å². The first kappa shape index (κ1) is 10.7. The van der Waals surface area contributed by atoms with E-state index in [1.807, 2.05) is 49.5 Å². The molecule has 0 aliphatic carbocycles. The molecule has 3 heteroatoms. The van der Waals surface area contributed by atoms with Crippen LogP contribution in [0.25, 0.3) is 10.8 Å². The molecule has 0 saturated carbocycles. The molecule has 88 valence electrons. The maximum atomic E-state index is 12.3. The van der Waals surface area contributed by atoms with Crippen LogP contribution in [0.2, 0.25) is 0 Å². The van der Waals surface area contributed by atoms with Crippen molar-refractivity contribution >= 4 is 16.6 Å². The van der Waals surface area contributed by atoms with Crippen molar-refractivity contribution in [3.63, 3.8) is 0 Å². The third-order valence-electron chi connectivity index (χ3n) is 3.04. The molecule has 2 aromatic carbocycles. The van der Waals surface area contributed by atoms with Gasteiger partial charge in [0.25, 0.3) is 0 Å². The van der Waals surface area contributed by atoms with Crippen LogP contribution in [0.4, 0.5) is 0 Å². The lowest BCUT2D eigenvalue weighted by Gasteiger charge is -2.03. The Morgan fingerprint density at radius 3 is 2.61 bits per heavy atom. The quantitative estimate of drug-likeness (QED) is 0.641. The third kappa shape index (κ3) is 1.70. The van der Waals surface area contributed by atoms with Crippen molar-refractivity contribution in [2.45, 2.75) is 0 Å². The Balaban J connectivity index is 2.10. The van der Waals surface area contributed by atoms with Crippen LogP contribution in [-0.4, -0.2) is 15.3 Å². The van der Waals surface area contributed by atoms with Gasteiger partial charge < -0.3 is 4.57 Å². The highest BCUT2D eigenvalue weighted by molar-refractivity contribution is 6.08. The van der Waals surface area contributed by atoms with Gasteiger partial charge in [-0.1, -0.05) is 36.4 Å². The minimum atomic E-state index is -0.0479. The van der Waals surface area contributed by atoms with Gasteiger partial charge in [0.05, 0.1) is 0 Å². The van der Waals surface area contributed by atoms with E-state index < -0.39 is 0 Å². The number of benzene rings is 2. The molecule has 0 spiro atoms. The summed E-state index contributed by atoms with van der Waals surface area (Å²) < 4.78 is 1.73. The normalized spacial score (nSPS) is 10.7. The lowest BCUT2D eigenvalue weighted by molar-refractivity contribution is 0.102. The van der Waals surface area contributed by atoms with Gasteiger partial charge in [0.2, 0.25) is 5.78 Å². The molecule has 3 rings (SSSR count). The maximum absolute atomic E-state index is 12.3. The number of aryl methyl sites for hydroxylation is 1. The number of rotatable bonds is 2. The predicted molar refractivity (Wildman–Crippen MR) is 70.6 cm³/mol. The van der Waals surface area contributed by atoms with Crippen molar-refractivity contribution in [2.24, 2.45) is 7.05 Å². The van der Waals surface area contributed by atoms with Gasteiger partial charge in [0, 0.05) is 25.0 Å². The van der Waals surface area contributed by atoms with Gasteiger partial charge >= 0.3 is 0 Å². The Morgan fingerprint density at radius 2 is 1.89 bits per heavy atom. The molecule has 0 bridgehead atoms. The molecule has 0 radical (unpaired) electrons. The molecule has 0 aliphatic heterocycles. The molecule has 0 atom stereocenters. The standard InChI is InChI=1S/C15H12N2O/c1-17-9-8-16-15(17)14(18)13-7-6-11-4-2-3-5-12(11)10-13/h2-10H,1H3. The molecule has 18 heavy (non-hydrogen) atoms. The number of imidazole rings is 1. The highest BCUT2D eigenvalue weighted by Crippen LogP contribution is 2.17. The zero-order valence-electron chi connectivity index (χ0n) is 10.00. The first-order valence-electron chi connectivity index (χ1n) is 5.76. The van der Waals surface area contributed by atoms with Crippen LogP contribution in [0.5, 0.6) is 0 Å². The molecule has 0 amide bonds. The van der Waals surface area contributed by atoms with Crippen molar-refractivity contribution < 1.29 is 4.79 Å². The van der Waals surface area contributed by atoms with E-state index in [0.29, 0.717) is 11.4 Å². The highest BCUT2D eigenvalue weighted by Gasteiger charge is 2.13. The number of fused-ring (bicyclic) bond motifs is 1. The predicted octanol–water partition coefficient (Wildman–Crippen LogP) is 2.80. The van der Waals surface area contributed by atoms with Gasteiger partial charge in [0.1, 0.15) is 0 Å². The summed E-state index contributed by atoms with van der Waals surface area (Å²) in [6, 6.07) is 13.7. The Hall–Kier alpha value is -2.42. The summed E-state index contributed by atoms with van der Waals surface area (Å²) in [5, 5.41) is 2.20. The summed E-state index contributed by atoms with van der Waals surface area (Å²) in [6.45, 7) is 0. The van der Waals surface area contributed by atoms with Crippen LogP contribution in [0.1, 0.15) is 16.2 Å². The Kier molecular flexibility index (Phi) is 2.45. The summed E-state index contributed by atoms with van der Waals surface area (Å²) in [6.07, 6.45) is 3.41. The monoisotopic (exact) mass is 236 g/mol. The second kappa shape index (κ2) is 4.11. The fourth-order valence-electron chi connectivity index (χ4n) is 2.04. The largest absolute Gasteiger partial charge is 0.331 e.